The average Bonchev–Trinajstić information content (AvgIpc) is 3.40. The molecule has 2 N–H and O–H groups in total. The van der Waals surface area contributed by atoms with E-state index in [9.17, 15) is 14.8 Å². The van der Waals surface area contributed by atoms with Crippen molar-refractivity contribution in [1.29, 1.82) is 0 Å². The Bertz CT molecular complexity index is 1600. The predicted molar refractivity (Wildman–Crippen MR) is 158 cm³/mol. The number of carbonyl (C=O) groups excluding carboxylic acids is 2. The zero-order valence-corrected chi connectivity index (χ0v) is 23.1. The number of pyridine rings is 1. The number of aryl methyl sites for hydroxylation is 3. The van der Waals surface area contributed by atoms with E-state index in [2.05, 4.69) is 15.7 Å². The van der Waals surface area contributed by atoms with Gasteiger partial charge in [-0.25, -0.2) is 0 Å². The Morgan fingerprint density at radius 3 is 1.90 bits per heavy atom. The molecule has 0 unspecified atom stereocenters. The molecule has 0 saturated carbocycles. The first-order valence-corrected chi connectivity index (χ1v) is 13.3. The molecule has 0 fully saturated rings. The molecular formula is C33H31N5O3. The van der Waals surface area contributed by atoms with Gasteiger partial charge in [-0.1, -0.05) is 72.8 Å². The summed E-state index contributed by atoms with van der Waals surface area (Å²) in [5.74, 6) is -1.21. The highest BCUT2D eigenvalue weighted by Gasteiger charge is 2.33. The van der Waals surface area contributed by atoms with Gasteiger partial charge in [-0.3, -0.25) is 14.3 Å². The number of rotatable bonds is 8. The SMILES string of the molecule is Cc1c[n+]([O-])cc(C)c1-c1ccc(NC(=O)[C@@H](NC(=O)c2ccnn2C)C(c2ccccc2)c2ccccc2)cc1. The molecule has 0 radical (unpaired) electrons. The predicted octanol–water partition coefficient (Wildman–Crippen LogP) is 4.91. The van der Waals surface area contributed by atoms with Crippen LogP contribution >= 0.6 is 0 Å². The number of nitrogens with zero attached hydrogens (tertiary/aromatic N) is 3. The van der Waals surface area contributed by atoms with E-state index >= 15 is 0 Å². The van der Waals surface area contributed by atoms with Crippen LogP contribution in [0.15, 0.2) is 110 Å². The van der Waals surface area contributed by atoms with Crippen LogP contribution in [0.5, 0.6) is 0 Å². The standard InChI is InChI=1S/C33H31N5O3/c1-22-20-38(41)21-23(2)29(22)26-14-16-27(17-15-26)35-33(40)31(36-32(39)28-18-19-34-37(28)3)30(24-10-6-4-7-11-24)25-12-8-5-9-13-25/h4-21,30-31H,1-3H3,(H,35,40)(H,36,39)/t31-/m0/s1. The first-order chi connectivity index (χ1) is 19.8. The Hall–Kier alpha value is -5.24. The highest BCUT2D eigenvalue weighted by molar-refractivity contribution is 6.01. The van der Waals surface area contributed by atoms with Crippen molar-refractivity contribution in [2.75, 3.05) is 5.32 Å². The molecule has 8 heteroatoms. The molecule has 5 aromatic rings. The van der Waals surface area contributed by atoms with Crippen molar-refractivity contribution in [3.8, 4) is 11.1 Å². The van der Waals surface area contributed by atoms with Gasteiger partial charge in [-0.05, 0) is 54.3 Å². The zero-order valence-electron chi connectivity index (χ0n) is 23.1. The molecule has 2 aromatic heterocycles. The van der Waals surface area contributed by atoms with Gasteiger partial charge in [0.05, 0.1) is 0 Å². The lowest BCUT2D eigenvalue weighted by Gasteiger charge is -2.28. The maximum Gasteiger partial charge on any atom is 0.270 e. The summed E-state index contributed by atoms with van der Waals surface area (Å²) in [4.78, 5) is 27.4. The van der Waals surface area contributed by atoms with Crippen molar-refractivity contribution in [3.63, 3.8) is 0 Å². The maximum absolute atomic E-state index is 14.0. The molecule has 0 aliphatic rings. The summed E-state index contributed by atoms with van der Waals surface area (Å²) in [7, 11) is 1.68. The summed E-state index contributed by atoms with van der Waals surface area (Å²) in [6, 6.07) is 27.5. The largest absolute Gasteiger partial charge is 0.619 e. The Morgan fingerprint density at radius 2 is 1.39 bits per heavy atom. The second kappa shape index (κ2) is 11.9. The lowest BCUT2D eigenvalue weighted by atomic mass is 9.84. The fourth-order valence-corrected chi connectivity index (χ4v) is 5.26. The first-order valence-electron chi connectivity index (χ1n) is 13.3. The fourth-order valence-electron chi connectivity index (χ4n) is 5.26. The summed E-state index contributed by atoms with van der Waals surface area (Å²) in [6.45, 7) is 3.80. The average molecular weight is 546 g/mol. The van der Waals surface area contributed by atoms with Crippen molar-refractivity contribution >= 4 is 17.5 Å². The second-order valence-electron chi connectivity index (χ2n) is 10.0. The van der Waals surface area contributed by atoms with Gasteiger partial charge in [0.25, 0.3) is 5.91 Å². The molecular weight excluding hydrogens is 514 g/mol. The molecule has 0 saturated heterocycles. The summed E-state index contributed by atoms with van der Waals surface area (Å²) >= 11 is 0. The van der Waals surface area contributed by atoms with Crippen molar-refractivity contribution in [1.82, 2.24) is 15.1 Å². The molecule has 0 aliphatic carbocycles. The molecule has 41 heavy (non-hydrogen) atoms. The summed E-state index contributed by atoms with van der Waals surface area (Å²) < 4.78 is 2.28. The number of aromatic nitrogens is 3. The van der Waals surface area contributed by atoms with E-state index in [1.807, 2.05) is 98.8 Å². The molecule has 2 heterocycles. The quantitative estimate of drug-likeness (QED) is 0.214. The fraction of sp³-hybridized carbons (Fsp3) is 0.152. The van der Waals surface area contributed by atoms with E-state index in [1.165, 1.54) is 4.68 Å². The number of hydrogen-bond acceptors (Lipinski definition) is 4. The highest BCUT2D eigenvalue weighted by atomic mass is 16.5. The summed E-state index contributed by atoms with van der Waals surface area (Å²) in [5, 5.41) is 21.9. The maximum atomic E-state index is 14.0. The highest BCUT2D eigenvalue weighted by Crippen LogP contribution is 2.30. The number of nitrogens with one attached hydrogen (secondary N) is 2. The van der Waals surface area contributed by atoms with Crippen LogP contribution in [0.2, 0.25) is 0 Å². The topological polar surface area (TPSA) is 103 Å². The van der Waals surface area contributed by atoms with Crippen molar-refractivity contribution in [2.24, 2.45) is 7.05 Å². The van der Waals surface area contributed by atoms with Gasteiger partial charge in [-0.15, -0.1) is 0 Å². The third kappa shape index (κ3) is 6.01. The minimum absolute atomic E-state index is 0.347. The first kappa shape index (κ1) is 27.3. The van der Waals surface area contributed by atoms with Crippen LogP contribution in [0.3, 0.4) is 0 Å². The molecule has 5 rings (SSSR count). The third-order valence-electron chi connectivity index (χ3n) is 7.14. The lowest BCUT2D eigenvalue weighted by molar-refractivity contribution is -0.606. The van der Waals surface area contributed by atoms with E-state index in [4.69, 9.17) is 0 Å². The van der Waals surface area contributed by atoms with Gasteiger partial charge in [0.2, 0.25) is 5.91 Å². The monoisotopic (exact) mass is 545 g/mol. The van der Waals surface area contributed by atoms with Crippen LogP contribution in [0.4, 0.5) is 5.69 Å². The van der Waals surface area contributed by atoms with E-state index in [-0.39, 0.29) is 5.91 Å². The number of benzene rings is 3. The Morgan fingerprint density at radius 1 is 0.829 bits per heavy atom. The summed E-state index contributed by atoms with van der Waals surface area (Å²) in [5.41, 5.74) is 6.36. The molecule has 0 bridgehead atoms. The summed E-state index contributed by atoms with van der Waals surface area (Å²) in [6.07, 6.45) is 4.63. The van der Waals surface area contributed by atoms with Crippen molar-refractivity contribution in [3.05, 3.63) is 143 Å². The van der Waals surface area contributed by atoms with E-state index in [0.29, 0.717) is 11.4 Å². The van der Waals surface area contributed by atoms with Crippen LogP contribution < -0.4 is 15.4 Å². The van der Waals surface area contributed by atoms with Crippen molar-refractivity contribution in [2.45, 2.75) is 25.8 Å². The molecule has 0 spiro atoms. The van der Waals surface area contributed by atoms with Crippen LogP contribution in [-0.4, -0.2) is 27.6 Å². The number of anilines is 1. The number of carbonyl (C=O) groups is 2. The molecule has 206 valence electrons. The molecule has 0 aliphatic heterocycles. The van der Waals surface area contributed by atoms with Gasteiger partial charge in [0, 0.05) is 36.0 Å². The zero-order chi connectivity index (χ0) is 28.9. The van der Waals surface area contributed by atoms with E-state index in [0.717, 1.165) is 38.1 Å². The molecule has 3 aromatic carbocycles. The smallest absolute Gasteiger partial charge is 0.270 e. The normalized spacial score (nSPS) is 11.7. The molecule has 8 nitrogen and oxygen atoms in total. The van der Waals surface area contributed by atoms with Crippen LogP contribution in [0, 0.1) is 19.1 Å². The minimum atomic E-state index is -0.937. The molecule has 1 atom stereocenters. The van der Waals surface area contributed by atoms with Gasteiger partial charge in [-0.2, -0.15) is 9.83 Å². The lowest BCUT2D eigenvalue weighted by Crippen LogP contribution is -2.48. The van der Waals surface area contributed by atoms with Crippen LogP contribution in [0.25, 0.3) is 11.1 Å². The third-order valence-corrected chi connectivity index (χ3v) is 7.14. The van der Waals surface area contributed by atoms with E-state index in [1.54, 1.807) is 31.7 Å². The Balaban J connectivity index is 1.49. The van der Waals surface area contributed by atoms with Gasteiger partial charge in [0.1, 0.15) is 11.7 Å². The van der Waals surface area contributed by atoms with Gasteiger partial charge < -0.3 is 15.8 Å². The van der Waals surface area contributed by atoms with E-state index < -0.39 is 17.9 Å². The number of amides is 2. The van der Waals surface area contributed by atoms with Crippen molar-refractivity contribution < 1.29 is 14.3 Å². The van der Waals surface area contributed by atoms with Crippen LogP contribution in [0.1, 0.15) is 38.7 Å². The second-order valence-corrected chi connectivity index (χ2v) is 10.0. The van der Waals surface area contributed by atoms with Gasteiger partial charge in [0.15, 0.2) is 12.4 Å². The Kier molecular flexibility index (Phi) is 7.92. The minimum Gasteiger partial charge on any atom is -0.619 e. The number of hydrogen-bond donors (Lipinski definition) is 2. The Labute approximate surface area is 238 Å². The van der Waals surface area contributed by atoms with Gasteiger partial charge >= 0.3 is 0 Å². The molecule has 2 amide bonds. The van der Waals surface area contributed by atoms with Crippen LogP contribution in [-0.2, 0) is 11.8 Å².